The Morgan fingerprint density at radius 3 is 1.12 bits per heavy atom. The first kappa shape index (κ1) is 22.8. The third-order valence-electron chi connectivity index (χ3n) is 5.60. The molecule has 0 bridgehead atoms. The summed E-state index contributed by atoms with van der Waals surface area (Å²) in [5, 5.41) is 0. The van der Waals surface area contributed by atoms with E-state index in [0.29, 0.717) is 0 Å². The number of methoxy groups -OCH3 is 3. The highest BCUT2D eigenvalue weighted by molar-refractivity contribution is 7.11. The van der Waals surface area contributed by atoms with Crippen LogP contribution in [0.1, 0.15) is 32.0 Å². The average Bonchev–Trinajstić information content (AvgIpc) is 2.85. The van der Waals surface area contributed by atoms with Crippen molar-refractivity contribution < 1.29 is 14.2 Å². The van der Waals surface area contributed by atoms with Gasteiger partial charge in [-0.05, 0) is 65.1 Å². The number of benzene rings is 3. The van der Waals surface area contributed by atoms with Crippen LogP contribution in [-0.4, -0.2) is 21.3 Å². The minimum absolute atomic E-state index is 0.884. The molecule has 168 valence electrons. The molecular weight excluding hydrogens is 428 g/mol. The van der Waals surface area contributed by atoms with E-state index in [1.54, 1.807) is 21.3 Å². The average molecular weight is 458 g/mol. The number of hydrogen-bond acceptors (Lipinski definition) is 3. The van der Waals surface area contributed by atoms with E-state index in [-0.39, 0.29) is 0 Å². The topological polar surface area (TPSA) is 27.7 Å². The summed E-state index contributed by atoms with van der Waals surface area (Å²) in [5.74, 6) is 2.65. The third kappa shape index (κ3) is 6.33. The molecule has 1 aromatic heterocycles. The lowest BCUT2D eigenvalue weighted by molar-refractivity contribution is 0.414. The van der Waals surface area contributed by atoms with Crippen LogP contribution in [0, 0.1) is 0 Å². The first-order valence-corrected chi connectivity index (χ1v) is 11.8. The van der Waals surface area contributed by atoms with E-state index in [4.69, 9.17) is 14.2 Å². The number of rotatable bonds is 9. The molecule has 33 heavy (non-hydrogen) atoms. The van der Waals surface area contributed by atoms with Crippen LogP contribution < -0.4 is 14.2 Å². The van der Waals surface area contributed by atoms with Crippen molar-refractivity contribution in [1.29, 1.82) is 0 Å². The Bertz CT molecular complexity index is 1000. The van der Waals surface area contributed by atoms with Gasteiger partial charge in [-0.25, -0.2) is 0 Å². The first-order chi connectivity index (χ1) is 16.1. The molecule has 0 N–H and O–H groups in total. The Hall–Kier alpha value is -3.37. The molecule has 0 radical (unpaired) electrons. The van der Waals surface area contributed by atoms with E-state index >= 15 is 0 Å². The highest BCUT2D eigenvalue weighted by Gasteiger charge is 2.17. The number of ether oxygens (including phenoxy) is 3. The molecule has 3 aromatic carbocycles. The van der Waals surface area contributed by atoms with E-state index in [9.17, 15) is 0 Å². The van der Waals surface area contributed by atoms with Gasteiger partial charge < -0.3 is 14.2 Å². The van der Waals surface area contributed by atoms with Crippen molar-refractivity contribution >= 4 is 11.3 Å². The van der Waals surface area contributed by atoms with Gasteiger partial charge in [0.25, 0.3) is 0 Å². The van der Waals surface area contributed by atoms with Crippen LogP contribution in [0.4, 0.5) is 0 Å². The highest BCUT2D eigenvalue weighted by Crippen LogP contribution is 2.26. The van der Waals surface area contributed by atoms with Gasteiger partial charge in [-0.3, -0.25) is 0 Å². The minimum atomic E-state index is 0.884. The Labute approximate surface area is 200 Å². The molecule has 0 saturated heterocycles. The summed E-state index contributed by atoms with van der Waals surface area (Å²) in [4.78, 5) is 2.71. The summed E-state index contributed by atoms with van der Waals surface area (Å²) in [6, 6.07) is 29.7. The summed E-state index contributed by atoms with van der Waals surface area (Å²) in [5.41, 5.74) is 5.16. The lowest BCUT2D eigenvalue weighted by atomic mass is 10.0. The molecule has 0 fully saturated rings. The minimum Gasteiger partial charge on any atom is -0.497 e. The van der Waals surface area contributed by atoms with Crippen LogP contribution in [0.15, 0.2) is 84.9 Å². The lowest BCUT2D eigenvalue weighted by Crippen LogP contribution is -1.96. The van der Waals surface area contributed by atoms with Crippen molar-refractivity contribution in [2.75, 3.05) is 21.3 Å². The first-order valence-electron chi connectivity index (χ1n) is 11.0. The largest absolute Gasteiger partial charge is 0.497 e. The summed E-state index contributed by atoms with van der Waals surface area (Å²) in [6.45, 7) is 0. The quantitative estimate of drug-likeness (QED) is 0.258. The summed E-state index contributed by atoms with van der Waals surface area (Å²) < 4.78 is 15.9. The second kappa shape index (κ2) is 11.0. The molecular formula is C29H29O3S+. The van der Waals surface area contributed by atoms with Gasteiger partial charge >= 0.3 is 0 Å². The maximum absolute atomic E-state index is 5.31. The van der Waals surface area contributed by atoms with Gasteiger partial charge in [-0.2, -0.15) is 0 Å². The molecule has 0 saturated carbocycles. The summed E-state index contributed by atoms with van der Waals surface area (Å²) in [7, 11) is 5.10. The zero-order valence-electron chi connectivity index (χ0n) is 19.3. The van der Waals surface area contributed by atoms with Gasteiger partial charge in [0.15, 0.2) is 0 Å². The van der Waals surface area contributed by atoms with Crippen molar-refractivity contribution in [3.05, 3.63) is 117 Å². The van der Waals surface area contributed by atoms with Gasteiger partial charge in [0.2, 0.25) is 21.1 Å². The van der Waals surface area contributed by atoms with Gasteiger partial charge in [-0.1, -0.05) is 36.4 Å². The fourth-order valence-electron chi connectivity index (χ4n) is 3.83. The van der Waals surface area contributed by atoms with Crippen LogP contribution in [0.25, 0.3) is 0 Å². The zero-order valence-corrected chi connectivity index (χ0v) is 20.2. The van der Waals surface area contributed by atoms with E-state index < -0.39 is 0 Å². The van der Waals surface area contributed by atoms with Gasteiger partial charge in [0.05, 0.1) is 34.2 Å². The molecule has 0 unspecified atom stereocenters. The van der Waals surface area contributed by atoms with E-state index in [2.05, 4.69) is 48.5 Å². The predicted molar refractivity (Wildman–Crippen MR) is 136 cm³/mol. The van der Waals surface area contributed by atoms with Crippen molar-refractivity contribution in [2.24, 2.45) is 0 Å². The van der Waals surface area contributed by atoms with Crippen LogP contribution >= 0.6 is 11.3 Å². The van der Waals surface area contributed by atoms with E-state index in [1.807, 2.05) is 47.7 Å². The monoisotopic (exact) mass is 457 g/mol. The Balaban J connectivity index is 1.61. The molecule has 4 aromatic rings. The van der Waals surface area contributed by atoms with Crippen LogP contribution in [0.5, 0.6) is 17.2 Å². The lowest BCUT2D eigenvalue weighted by Gasteiger charge is -2.06. The molecule has 1 heterocycles. The predicted octanol–water partition coefficient (Wildman–Crippen LogP) is 6.83. The molecule has 4 heteroatoms. The van der Waals surface area contributed by atoms with E-state index in [0.717, 1.165) is 36.5 Å². The summed E-state index contributed by atoms with van der Waals surface area (Å²) >= 11 is 1.88. The Kier molecular flexibility index (Phi) is 7.59. The molecule has 0 aliphatic rings. The molecule has 3 nitrogen and oxygen atoms in total. The fraction of sp³-hybridized carbons (Fsp3) is 0.207. The van der Waals surface area contributed by atoms with Crippen LogP contribution in [0.2, 0.25) is 0 Å². The molecule has 0 atom stereocenters. The normalized spacial score (nSPS) is 10.6. The molecule has 0 spiro atoms. The van der Waals surface area contributed by atoms with Gasteiger partial charge in [0.1, 0.15) is 17.2 Å². The van der Waals surface area contributed by atoms with Crippen molar-refractivity contribution in [1.82, 2.24) is 0 Å². The Morgan fingerprint density at radius 2 is 0.788 bits per heavy atom. The Morgan fingerprint density at radius 1 is 0.455 bits per heavy atom. The van der Waals surface area contributed by atoms with Crippen LogP contribution in [-0.2, 0) is 19.3 Å². The van der Waals surface area contributed by atoms with Gasteiger partial charge in [0, 0.05) is 12.1 Å². The maximum Gasteiger partial charge on any atom is 0.219 e. The number of hydrogen-bond donors (Lipinski definition) is 0. The van der Waals surface area contributed by atoms with Crippen molar-refractivity contribution in [2.45, 2.75) is 19.3 Å². The van der Waals surface area contributed by atoms with Crippen LogP contribution in [0.3, 0.4) is 0 Å². The zero-order chi connectivity index (χ0) is 23.0. The van der Waals surface area contributed by atoms with Crippen molar-refractivity contribution in [3.8, 4) is 17.2 Å². The summed E-state index contributed by atoms with van der Waals surface area (Å²) in [6.07, 6.45) is 2.70. The fourth-order valence-corrected chi connectivity index (χ4v) is 5.06. The third-order valence-corrected chi connectivity index (χ3v) is 6.65. The van der Waals surface area contributed by atoms with E-state index in [1.165, 1.54) is 32.0 Å². The molecule has 0 aliphatic heterocycles. The highest BCUT2D eigenvalue weighted by atomic mass is 32.1. The molecule has 4 rings (SSSR count). The van der Waals surface area contributed by atoms with Gasteiger partial charge in [-0.15, -0.1) is 0 Å². The molecule has 0 amide bonds. The second-order valence-corrected chi connectivity index (χ2v) is 9.23. The standard InChI is InChI=1S/C29H29O3S/c1-30-25-10-4-21(5-11-25)16-24-19-28(17-22-6-12-26(31-2)13-7-22)33-29(20-24)18-23-8-14-27(32-3)15-9-23/h4-15,19-20H,16-18H2,1-3H3/q+1. The second-order valence-electron chi connectivity index (χ2n) is 7.97. The maximum atomic E-state index is 5.31. The van der Waals surface area contributed by atoms with Crippen molar-refractivity contribution in [3.63, 3.8) is 0 Å². The SMILES string of the molecule is COc1ccc(Cc2cc(Cc3ccc(OC)cc3)[s+]c(Cc3ccc(OC)cc3)c2)cc1. The molecule has 0 aliphatic carbocycles. The smallest absolute Gasteiger partial charge is 0.219 e.